The second-order valence-corrected chi connectivity index (χ2v) is 0.968. The molecular formula is CH6N4O2-2. The average Bonchev–Trinajstić information content (AvgIpc) is 1.27. The van der Waals surface area contributed by atoms with Crippen molar-refractivity contribution in [3.63, 3.8) is 0 Å². The Morgan fingerprint density at radius 2 is 2.00 bits per heavy atom. The molecule has 0 radical (unpaired) electrons. The van der Waals surface area contributed by atoms with Crippen molar-refractivity contribution in [1.82, 2.24) is 16.0 Å². The highest BCUT2D eigenvalue weighted by atomic mass is 16.8. The fourth-order valence-corrected chi connectivity index (χ4v) is 0.129. The van der Waals surface area contributed by atoms with E-state index in [9.17, 15) is 10.4 Å². The van der Waals surface area contributed by atoms with Gasteiger partial charge in [0.05, 0.1) is 0 Å². The lowest BCUT2D eigenvalue weighted by molar-refractivity contribution is 0.121. The largest absolute Gasteiger partial charge is 0.783 e. The zero-order chi connectivity index (χ0) is 5.86. The van der Waals surface area contributed by atoms with Crippen molar-refractivity contribution in [3.8, 4) is 0 Å². The van der Waals surface area contributed by atoms with Crippen molar-refractivity contribution in [1.29, 1.82) is 0 Å². The van der Waals surface area contributed by atoms with Crippen LogP contribution in [0.15, 0.2) is 0 Å². The molecule has 0 aromatic heterocycles. The maximum absolute atomic E-state index is 9.38. The molecule has 6 nitrogen and oxygen atoms in total. The minimum Gasteiger partial charge on any atom is -0.783 e. The first-order chi connectivity index (χ1) is 3.13. The summed E-state index contributed by atoms with van der Waals surface area (Å²) in [4.78, 5) is 0. The van der Waals surface area contributed by atoms with Crippen LogP contribution < -0.4 is 11.4 Å². The monoisotopic (exact) mass is 106 g/mol. The van der Waals surface area contributed by atoms with Gasteiger partial charge in [-0.3, -0.25) is 5.84 Å². The standard InChI is InChI=1S/CH6N4O2/c1-4(2)3-5(6)7/h3H,2H2,1H3/q-2. The molecule has 0 fully saturated rings. The molecule has 0 heterocycles. The van der Waals surface area contributed by atoms with E-state index in [1.54, 1.807) is 5.53 Å². The van der Waals surface area contributed by atoms with Crippen molar-refractivity contribution in [2.45, 2.75) is 0 Å². The molecule has 0 aliphatic heterocycles. The number of hydrazine groups is 3. The van der Waals surface area contributed by atoms with E-state index >= 15 is 0 Å². The van der Waals surface area contributed by atoms with E-state index in [0.29, 0.717) is 0 Å². The molecule has 7 heavy (non-hydrogen) atoms. The highest BCUT2D eigenvalue weighted by Gasteiger charge is 1.75. The Bertz CT molecular complexity index is 39.0. The van der Waals surface area contributed by atoms with Gasteiger partial charge >= 0.3 is 0 Å². The van der Waals surface area contributed by atoms with Crippen LogP contribution in [0.2, 0.25) is 0 Å². The molecule has 0 unspecified atom stereocenters. The zero-order valence-electron chi connectivity index (χ0n) is 3.79. The van der Waals surface area contributed by atoms with E-state index in [1.807, 2.05) is 0 Å². The van der Waals surface area contributed by atoms with Crippen molar-refractivity contribution in [3.05, 3.63) is 10.4 Å². The Labute approximate surface area is 40.6 Å². The molecule has 0 amide bonds. The topological polar surface area (TPSA) is 90.7 Å². The third kappa shape index (κ3) is 5.76. The van der Waals surface area contributed by atoms with E-state index in [2.05, 4.69) is 0 Å². The smallest absolute Gasteiger partial charge is 0.0185 e. The molecule has 0 aromatic rings. The molecule has 0 aliphatic rings. The summed E-state index contributed by atoms with van der Waals surface area (Å²) in [5.74, 6) is 4.77. The van der Waals surface area contributed by atoms with Crippen LogP contribution in [0.25, 0.3) is 0 Å². The Hall–Kier alpha value is -0.240. The Morgan fingerprint density at radius 1 is 1.57 bits per heavy atom. The first kappa shape index (κ1) is 6.76. The molecule has 0 bridgehead atoms. The van der Waals surface area contributed by atoms with Gasteiger partial charge in [-0.15, -0.1) is 0 Å². The molecule has 0 atom stereocenters. The zero-order valence-corrected chi connectivity index (χ0v) is 3.79. The fourth-order valence-electron chi connectivity index (χ4n) is 0.129. The van der Waals surface area contributed by atoms with Crippen molar-refractivity contribution in [2.24, 2.45) is 5.84 Å². The molecule has 0 saturated carbocycles. The Morgan fingerprint density at radius 3 is 2.00 bits per heavy atom. The van der Waals surface area contributed by atoms with Gasteiger partial charge in [0, 0.05) is 7.05 Å². The van der Waals surface area contributed by atoms with Gasteiger partial charge in [0.15, 0.2) is 0 Å². The van der Waals surface area contributed by atoms with Gasteiger partial charge in [-0.25, -0.2) is 0 Å². The van der Waals surface area contributed by atoms with E-state index in [1.165, 1.54) is 7.05 Å². The van der Waals surface area contributed by atoms with Crippen LogP contribution in [0.5, 0.6) is 0 Å². The predicted molar refractivity (Wildman–Crippen MR) is 23.7 cm³/mol. The highest BCUT2D eigenvalue weighted by molar-refractivity contribution is 4.41. The number of nitrogens with zero attached hydrogens (tertiary/aromatic N) is 2. The first-order valence-electron chi connectivity index (χ1n) is 1.52. The lowest BCUT2D eigenvalue weighted by Crippen LogP contribution is -2.46. The van der Waals surface area contributed by atoms with Crippen LogP contribution in [0.4, 0.5) is 0 Å². The fraction of sp³-hybridized carbons (Fsp3) is 1.00. The normalized spacial score (nSPS) is 11.1. The maximum Gasteiger partial charge on any atom is 0.0185 e. The molecule has 0 spiro atoms. The van der Waals surface area contributed by atoms with E-state index in [0.717, 1.165) is 5.12 Å². The summed E-state index contributed by atoms with van der Waals surface area (Å²) in [6, 6.07) is 0. The first-order valence-corrected chi connectivity index (χ1v) is 1.52. The van der Waals surface area contributed by atoms with Gasteiger partial charge in [0.1, 0.15) is 0 Å². The summed E-state index contributed by atoms with van der Waals surface area (Å²) >= 11 is 0. The average molecular weight is 106 g/mol. The molecule has 0 saturated heterocycles. The molecule has 44 valence electrons. The summed E-state index contributed by atoms with van der Waals surface area (Å²) in [6.07, 6.45) is 0. The van der Waals surface area contributed by atoms with E-state index in [-0.39, 0.29) is 0 Å². The summed E-state index contributed by atoms with van der Waals surface area (Å²) in [5.41, 5.74) is 1.64. The molecule has 0 rings (SSSR count). The highest BCUT2D eigenvalue weighted by Crippen LogP contribution is 1.65. The van der Waals surface area contributed by atoms with Crippen LogP contribution in [-0.4, -0.2) is 17.5 Å². The minimum atomic E-state index is -0.750. The van der Waals surface area contributed by atoms with Gasteiger partial charge in [-0.1, -0.05) is 0 Å². The van der Waals surface area contributed by atoms with E-state index < -0.39 is 5.34 Å². The van der Waals surface area contributed by atoms with Crippen LogP contribution in [0.3, 0.4) is 0 Å². The SMILES string of the molecule is CN(N)NN([O-])[O-]. The van der Waals surface area contributed by atoms with Gasteiger partial charge in [-0.05, 0) is 0 Å². The maximum atomic E-state index is 9.38. The summed E-state index contributed by atoms with van der Waals surface area (Å²) in [6.45, 7) is 0. The second kappa shape index (κ2) is 2.86. The molecule has 6 heteroatoms. The molecule has 0 aromatic carbocycles. The molecular weight excluding hydrogens is 100 g/mol. The lowest BCUT2D eigenvalue weighted by Gasteiger charge is -2.37. The third-order valence-corrected chi connectivity index (χ3v) is 0.239. The van der Waals surface area contributed by atoms with Crippen molar-refractivity contribution in [2.75, 3.05) is 7.05 Å². The van der Waals surface area contributed by atoms with Gasteiger partial charge in [0.25, 0.3) is 0 Å². The van der Waals surface area contributed by atoms with Crippen molar-refractivity contribution < 1.29 is 0 Å². The van der Waals surface area contributed by atoms with Crippen LogP contribution in [0, 0.1) is 10.4 Å². The Balaban J connectivity index is 2.95. The van der Waals surface area contributed by atoms with Crippen LogP contribution in [0.1, 0.15) is 0 Å². The minimum absolute atomic E-state index is 0.750. The quantitative estimate of drug-likeness (QED) is 0.329. The number of hydrogen-bond acceptors (Lipinski definition) is 6. The summed E-state index contributed by atoms with van der Waals surface area (Å²) in [7, 11) is 1.32. The summed E-state index contributed by atoms with van der Waals surface area (Å²) < 4.78 is 0. The van der Waals surface area contributed by atoms with Crippen LogP contribution >= 0.6 is 0 Å². The van der Waals surface area contributed by atoms with E-state index in [4.69, 9.17) is 5.84 Å². The molecule has 0 aliphatic carbocycles. The van der Waals surface area contributed by atoms with Gasteiger partial charge in [0.2, 0.25) is 0 Å². The predicted octanol–water partition coefficient (Wildman–Crippen LogP) is -1.49. The number of nitrogens with two attached hydrogens (primary N) is 1. The second-order valence-electron chi connectivity index (χ2n) is 0.968. The number of hydrogen-bond donors (Lipinski definition) is 2. The van der Waals surface area contributed by atoms with Crippen molar-refractivity contribution >= 4 is 0 Å². The number of nitrogens with one attached hydrogen (secondary N) is 1. The van der Waals surface area contributed by atoms with Crippen LogP contribution in [-0.2, 0) is 0 Å². The van der Waals surface area contributed by atoms with Gasteiger partial charge in [-0.2, -0.15) is 10.7 Å². The van der Waals surface area contributed by atoms with Gasteiger partial charge < -0.3 is 15.8 Å². The molecule has 3 N–H and O–H groups in total. The lowest BCUT2D eigenvalue weighted by atomic mass is 11.4. The Kier molecular flexibility index (Phi) is 2.76. The number of rotatable bonds is 2. The third-order valence-electron chi connectivity index (χ3n) is 0.239. The summed E-state index contributed by atoms with van der Waals surface area (Å²) in [5, 5.41) is 18.8.